The van der Waals surface area contributed by atoms with Crippen molar-refractivity contribution in [2.45, 2.75) is 26.3 Å². The first-order chi connectivity index (χ1) is 7.63. The topological polar surface area (TPSA) is 44.5 Å². The van der Waals surface area contributed by atoms with Crippen molar-refractivity contribution < 1.29 is 9.47 Å². The van der Waals surface area contributed by atoms with Crippen LogP contribution in [0.3, 0.4) is 0 Å². The highest BCUT2D eigenvalue weighted by molar-refractivity contribution is 5.42. The van der Waals surface area contributed by atoms with E-state index in [9.17, 15) is 0 Å². The van der Waals surface area contributed by atoms with E-state index in [2.05, 4.69) is 13.8 Å². The van der Waals surface area contributed by atoms with Gasteiger partial charge in [-0.25, -0.2) is 0 Å². The zero-order chi connectivity index (χ0) is 12.1. The molecular weight excluding hydrogens is 202 g/mol. The molecule has 2 N–H and O–H groups in total. The number of benzene rings is 1. The van der Waals surface area contributed by atoms with Gasteiger partial charge >= 0.3 is 0 Å². The summed E-state index contributed by atoms with van der Waals surface area (Å²) in [6.07, 6.45) is 1.05. The zero-order valence-corrected chi connectivity index (χ0v) is 10.5. The molecule has 2 atom stereocenters. The molecular formula is C13H21NO2. The van der Waals surface area contributed by atoms with Crippen LogP contribution in [0, 0.1) is 5.92 Å². The van der Waals surface area contributed by atoms with Crippen LogP contribution in [0.1, 0.15) is 31.9 Å². The van der Waals surface area contributed by atoms with E-state index in [0.29, 0.717) is 5.92 Å². The maximum Gasteiger partial charge on any atom is 0.127 e. The van der Waals surface area contributed by atoms with Crippen LogP contribution in [-0.4, -0.2) is 14.2 Å². The van der Waals surface area contributed by atoms with Gasteiger partial charge < -0.3 is 15.2 Å². The lowest BCUT2D eigenvalue weighted by Crippen LogP contribution is -2.19. The number of ether oxygens (including phenoxy) is 2. The van der Waals surface area contributed by atoms with Gasteiger partial charge in [0, 0.05) is 17.7 Å². The number of hydrogen-bond donors (Lipinski definition) is 1. The summed E-state index contributed by atoms with van der Waals surface area (Å²) in [5.41, 5.74) is 7.24. The van der Waals surface area contributed by atoms with Crippen LogP contribution < -0.4 is 15.2 Å². The fraction of sp³-hybridized carbons (Fsp3) is 0.538. The Balaban J connectivity index is 3.03. The predicted molar refractivity (Wildman–Crippen MR) is 65.9 cm³/mol. The second kappa shape index (κ2) is 5.75. The van der Waals surface area contributed by atoms with Crippen molar-refractivity contribution in [1.29, 1.82) is 0 Å². The Morgan fingerprint density at radius 3 is 2.44 bits per heavy atom. The minimum Gasteiger partial charge on any atom is -0.497 e. The van der Waals surface area contributed by atoms with Gasteiger partial charge in [-0.2, -0.15) is 0 Å². The molecule has 16 heavy (non-hydrogen) atoms. The molecule has 0 bridgehead atoms. The summed E-state index contributed by atoms with van der Waals surface area (Å²) in [6, 6.07) is 5.78. The van der Waals surface area contributed by atoms with Crippen LogP contribution in [0.15, 0.2) is 18.2 Å². The van der Waals surface area contributed by atoms with E-state index in [4.69, 9.17) is 15.2 Å². The second-order valence-electron chi connectivity index (χ2n) is 4.02. The Morgan fingerprint density at radius 2 is 1.94 bits per heavy atom. The van der Waals surface area contributed by atoms with Crippen LogP contribution in [0.2, 0.25) is 0 Å². The summed E-state index contributed by atoms with van der Waals surface area (Å²) in [4.78, 5) is 0. The smallest absolute Gasteiger partial charge is 0.127 e. The van der Waals surface area contributed by atoms with Crippen LogP contribution in [0.5, 0.6) is 11.5 Å². The Morgan fingerprint density at radius 1 is 1.25 bits per heavy atom. The fourth-order valence-corrected chi connectivity index (χ4v) is 1.65. The van der Waals surface area contributed by atoms with E-state index < -0.39 is 0 Å². The van der Waals surface area contributed by atoms with Crippen molar-refractivity contribution in [3.8, 4) is 11.5 Å². The molecule has 0 radical (unpaired) electrons. The van der Waals surface area contributed by atoms with Crippen LogP contribution in [0.25, 0.3) is 0 Å². The molecule has 0 aliphatic heterocycles. The fourth-order valence-electron chi connectivity index (χ4n) is 1.65. The monoisotopic (exact) mass is 223 g/mol. The third kappa shape index (κ3) is 2.67. The molecule has 3 heteroatoms. The molecule has 0 amide bonds. The van der Waals surface area contributed by atoms with Crippen molar-refractivity contribution in [3.63, 3.8) is 0 Å². The minimum atomic E-state index is 0.00542. The van der Waals surface area contributed by atoms with E-state index in [0.717, 1.165) is 23.5 Å². The third-order valence-electron chi connectivity index (χ3n) is 3.06. The molecule has 3 nitrogen and oxygen atoms in total. The molecule has 1 aromatic rings. The maximum atomic E-state index is 6.20. The van der Waals surface area contributed by atoms with Crippen molar-refractivity contribution in [1.82, 2.24) is 0 Å². The molecule has 0 aromatic heterocycles. The highest BCUT2D eigenvalue weighted by Gasteiger charge is 2.17. The largest absolute Gasteiger partial charge is 0.497 e. The van der Waals surface area contributed by atoms with Gasteiger partial charge in [-0.1, -0.05) is 26.3 Å². The maximum absolute atomic E-state index is 6.20. The van der Waals surface area contributed by atoms with E-state index in [1.807, 2.05) is 18.2 Å². The zero-order valence-electron chi connectivity index (χ0n) is 10.5. The molecule has 0 saturated heterocycles. The number of rotatable bonds is 5. The second-order valence-corrected chi connectivity index (χ2v) is 4.02. The van der Waals surface area contributed by atoms with Gasteiger partial charge in [-0.05, 0) is 12.0 Å². The van der Waals surface area contributed by atoms with Gasteiger partial charge in [0.25, 0.3) is 0 Å². The molecule has 1 rings (SSSR count). The molecule has 0 aliphatic carbocycles. The average Bonchev–Trinajstić information content (AvgIpc) is 2.35. The number of nitrogens with two attached hydrogens (primary N) is 1. The molecule has 0 fully saturated rings. The molecule has 1 aromatic carbocycles. The number of methoxy groups -OCH3 is 2. The average molecular weight is 223 g/mol. The SMILES string of the molecule is CCC(C)[C@H](N)c1ccc(OC)cc1OC. The lowest BCUT2D eigenvalue weighted by molar-refractivity contribution is 0.377. The highest BCUT2D eigenvalue weighted by Crippen LogP contribution is 2.32. The van der Waals surface area contributed by atoms with E-state index >= 15 is 0 Å². The standard InChI is InChI=1S/C13H21NO2/c1-5-9(2)13(14)11-7-6-10(15-3)8-12(11)16-4/h6-9,13H,5,14H2,1-4H3/t9?,13-/m0/s1. The normalized spacial score (nSPS) is 14.3. The molecule has 0 saturated carbocycles. The Kier molecular flexibility index (Phi) is 4.62. The first kappa shape index (κ1) is 12.8. The molecule has 1 unspecified atom stereocenters. The lowest BCUT2D eigenvalue weighted by atomic mass is 9.92. The van der Waals surface area contributed by atoms with E-state index in [-0.39, 0.29) is 6.04 Å². The summed E-state index contributed by atoms with van der Waals surface area (Å²) >= 11 is 0. The Labute approximate surface area is 97.6 Å². The lowest BCUT2D eigenvalue weighted by Gasteiger charge is -2.21. The van der Waals surface area contributed by atoms with Crippen molar-refractivity contribution in [2.24, 2.45) is 11.7 Å². The Hall–Kier alpha value is -1.22. The van der Waals surface area contributed by atoms with Crippen LogP contribution in [0.4, 0.5) is 0 Å². The van der Waals surface area contributed by atoms with Gasteiger partial charge in [0.2, 0.25) is 0 Å². The third-order valence-corrected chi connectivity index (χ3v) is 3.06. The van der Waals surface area contributed by atoms with Gasteiger partial charge in [0.05, 0.1) is 14.2 Å². The molecule has 0 heterocycles. The van der Waals surface area contributed by atoms with Crippen molar-refractivity contribution in [3.05, 3.63) is 23.8 Å². The number of hydrogen-bond acceptors (Lipinski definition) is 3. The van der Waals surface area contributed by atoms with Crippen molar-refractivity contribution >= 4 is 0 Å². The highest BCUT2D eigenvalue weighted by atomic mass is 16.5. The van der Waals surface area contributed by atoms with Gasteiger partial charge in [0.1, 0.15) is 11.5 Å². The predicted octanol–water partition coefficient (Wildman–Crippen LogP) is 2.75. The summed E-state index contributed by atoms with van der Waals surface area (Å²) in [6.45, 7) is 4.29. The van der Waals surface area contributed by atoms with Gasteiger partial charge in [0.15, 0.2) is 0 Å². The Bertz CT molecular complexity index is 339. The summed E-state index contributed by atoms with van der Waals surface area (Å²) in [5, 5.41) is 0. The van der Waals surface area contributed by atoms with Crippen molar-refractivity contribution in [2.75, 3.05) is 14.2 Å². The van der Waals surface area contributed by atoms with E-state index in [1.165, 1.54) is 0 Å². The summed E-state index contributed by atoms with van der Waals surface area (Å²) in [7, 11) is 3.30. The molecule has 0 aliphatic rings. The molecule has 0 spiro atoms. The molecule has 90 valence electrons. The van der Waals surface area contributed by atoms with Gasteiger partial charge in [-0.15, -0.1) is 0 Å². The van der Waals surface area contributed by atoms with E-state index in [1.54, 1.807) is 14.2 Å². The first-order valence-electron chi connectivity index (χ1n) is 5.61. The van der Waals surface area contributed by atoms with Crippen LogP contribution >= 0.6 is 0 Å². The first-order valence-corrected chi connectivity index (χ1v) is 5.61. The summed E-state index contributed by atoms with van der Waals surface area (Å²) in [5.74, 6) is 2.02. The van der Waals surface area contributed by atoms with Gasteiger partial charge in [-0.3, -0.25) is 0 Å². The van der Waals surface area contributed by atoms with Crippen LogP contribution in [-0.2, 0) is 0 Å². The minimum absolute atomic E-state index is 0.00542. The quantitative estimate of drug-likeness (QED) is 0.834. The summed E-state index contributed by atoms with van der Waals surface area (Å²) < 4.78 is 10.5.